The standard InChI is InChI=1S/C11H22N2/c1-4-7-10(12)11(13(2)3)8-5-6-9-11/h4,10H,1,5-9,12H2,2-3H3. The molecule has 2 N–H and O–H groups in total. The van der Waals surface area contributed by atoms with Crippen LogP contribution >= 0.6 is 0 Å². The number of nitrogens with two attached hydrogens (primary N) is 1. The Morgan fingerprint density at radius 1 is 1.46 bits per heavy atom. The molecule has 0 aliphatic heterocycles. The van der Waals surface area contributed by atoms with Crippen molar-refractivity contribution in [1.82, 2.24) is 4.90 Å². The first-order valence-corrected chi connectivity index (χ1v) is 5.17. The molecule has 13 heavy (non-hydrogen) atoms. The molecule has 0 radical (unpaired) electrons. The van der Waals surface area contributed by atoms with Gasteiger partial charge in [0.15, 0.2) is 0 Å². The summed E-state index contributed by atoms with van der Waals surface area (Å²) in [4.78, 5) is 2.31. The second kappa shape index (κ2) is 4.25. The van der Waals surface area contributed by atoms with E-state index in [9.17, 15) is 0 Å². The summed E-state index contributed by atoms with van der Waals surface area (Å²) in [6.07, 6.45) is 8.00. The topological polar surface area (TPSA) is 29.3 Å². The molecule has 2 heteroatoms. The zero-order valence-electron chi connectivity index (χ0n) is 8.92. The summed E-state index contributed by atoms with van der Waals surface area (Å²) in [6, 6.07) is 0.252. The molecule has 2 nitrogen and oxygen atoms in total. The van der Waals surface area contributed by atoms with Crippen LogP contribution in [0.15, 0.2) is 12.7 Å². The van der Waals surface area contributed by atoms with E-state index in [1.54, 1.807) is 0 Å². The van der Waals surface area contributed by atoms with E-state index in [1.807, 2.05) is 6.08 Å². The second-order valence-corrected chi connectivity index (χ2v) is 4.34. The zero-order valence-corrected chi connectivity index (χ0v) is 8.92. The highest BCUT2D eigenvalue weighted by Crippen LogP contribution is 2.36. The third-order valence-corrected chi connectivity index (χ3v) is 3.47. The highest BCUT2D eigenvalue weighted by molar-refractivity contribution is 5.02. The lowest BCUT2D eigenvalue weighted by Gasteiger charge is -2.41. The molecule has 0 saturated heterocycles. The van der Waals surface area contributed by atoms with E-state index < -0.39 is 0 Å². The molecule has 0 aromatic rings. The number of rotatable bonds is 4. The van der Waals surface area contributed by atoms with Crippen molar-refractivity contribution in [2.45, 2.75) is 43.7 Å². The van der Waals surface area contributed by atoms with Gasteiger partial charge in [0.1, 0.15) is 0 Å². The number of hydrogen-bond donors (Lipinski definition) is 1. The third kappa shape index (κ3) is 1.94. The van der Waals surface area contributed by atoms with Gasteiger partial charge in [0, 0.05) is 11.6 Å². The average Bonchev–Trinajstić information content (AvgIpc) is 2.53. The van der Waals surface area contributed by atoms with Gasteiger partial charge in [-0.1, -0.05) is 18.9 Å². The summed E-state index contributed by atoms with van der Waals surface area (Å²) in [7, 11) is 4.29. The lowest BCUT2D eigenvalue weighted by atomic mass is 9.85. The maximum Gasteiger partial charge on any atom is 0.0357 e. The monoisotopic (exact) mass is 182 g/mol. The van der Waals surface area contributed by atoms with Crippen molar-refractivity contribution >= 4 is 0 Å². The van der Waals surface area contributed by atoms with Crippen molar-refractivity contribution in [1.29, 1.82) is 0 Å². The van der Waals surface area contributed by atoms with Gasteiger partial charge in [-0.05, 0) is 33.4 Å². The third-order valence-electron chi connectivity index (χ3n) is 3.47. The van der Waals surface area contributed by atoms with Crippen LogP contribution in [-0.2, 0) is 0 Å². The quantitative estimate of drug-likeness (QED) is 0.671. The number of likely N-dealkylation sites (N-methyl/N-ethyl adjacent to an activating group) is 1. The molecule has 0 spiro atoms. The van der Waals surface area contributed by atoms with E-state index in [0.717, 1.165) is 6.42 Å². The van der Waals surface area contributed by atoms with Crippen LogP contribution in [-0.4, -0.2) is 30.6 Å². The largest absolute Gasteiger partial charge is 0.326 e. The van der Waals surface area contributed by atoms with Crippen LogP contribution in [0.2, 0.25) is 0 Å². The molecule has 76 valence electrons. The highest BCUT2D eigenvalue weighted by Gasteiger charge is 2.40. The lowest BCUT2D eigenvalue weighted by molar-refractivity contribution is 0.124. The Kier molecular flexibility index (Phi) is 3.51. The molecule has 1 atom stereocenters. The van der Waals surface area contributed by atoms with Gasteiger partial charge in [0.2, 0.25) is 0 Å². The normalized spacial score (nSPS) is 23.4. The van der Waals surface area contributed by atoms with E-state index in [1.165, 1.54) is 25.7 Å². The van der Waals surface area contributed by atoms with Gasteiger partial charge in [-0.25, -0.2) is 0 Å². The SMILES string of the molecule is C=CCC(N)C1(N(C)C)CCCC1. The summed E-state index contributed by atoms with van der Waals surface area (Å²) in [5.41, 5.74) is 6.46. The summed E-state index contributed by atoms with van der Waals surface area (Å²) in [5, 5.41) is 0. The van der Waals surface area contributed by atoms with Crippen LogP contribution in [0.1, 0.15) is 32.1 Å². The smallest absolute Gasteiger partial charge is 0.0357 e. The van der Waals surface area contributed by atoms with Crippen molar-refractivity contribution in [3.8, 4) is 0 Å². The van der Waals surface area contributed by atoms with Crippen LogP contribution in [0.5, 0.6) is 0 Å². The molecular formula is C11H22N2. The minimum Gasteiger partial charge on any atom is -0.326 e. The van der Waals surface area contributed by atoms with Gasteiger partial charge in [-0.15, -0.1) is 6.58 Å². The molecule has 1 unspecified atom stereocenters. The second-order valence-electron chi connectivity index (χ2n) is 4.34. The summed E-state index contributed by atoms with van der Waals surface area (Å²) < 4.78 is 0. The maximum absolute atomic E-state index is 6.21. The van der Waals surface area contributed by atoms with Crippen LogP contribution < -0.4 is 5.73 Å². The van der Waals surface area contributed by atoms with Crippen molar-refractivity contribution in [2.24, 2.45) is 5.73 Å². The van der Waals surface area contributed by atoms with Crippen molar-refractivity contribution in [3.63, 3.8) is 0 Å². The average molecular weight is 182 g/mol. The first-order valence-electron chi connectivity index (χ1n) is 5.17. The minimum atomic E-state index is 0.244. The summed E-state index contributed by atoms with van der Waals surface area (Å²) >= 11 is 0. The van der Waals surface area contributed by atoms with E-state index in [4.69, 9.17) is 5.73 Å². The van der Waals surface area contributed by atoms with Gasteiger partial charge in [0.25, 0.3) is 0 Å². The molecule has 0 aromatic carbocycles. The molecule has 0 heterocycles. The molecule has 1 aliphatic rings. The Hall–Kier alpha value is -0.340. The first kappa shape index (κ1) is 10.7. The van der Waals surface area contributed by atoms with E-state index >= 15 is 0 Å². The Morgan fingerprint density at radius 2 is 2.00 bits per heavy atom. The van der Waals surface area contributed by atoms with Crippen molar-refractivity contribution < 1.29 is 0 Å². The molecule has 1 rings (SSSR count). The molecule has 0 aromatic heterocycles. The summed E-state index contributed by atoms with van der Waals surface area (Å²) in [5.74, 6) is 0. The minimum absolute atomic E-state index is 0.244. The lowest BCUT2D eigenvalue weighted by Crippen LogP contribution is -2.55. The van der Waals surface area contributed by atoms with E-state index in [0.29, 0.717) is 0 Å². The van der Waals surface area contributed by atoms with Gasteiger partial charge in [-0.2, -0.15) is 0 Å². The molecule has 0 amide bonds. The predicted molar refractivity (Wildman–Crippen MR) is 57.7 cm³/mol. The zero-order chi connectivity index (χ0) is 9.90. The maximum atomic E-state index is 6.21. The molecular weight excluding hydrogens is 160 g/mol. The van der Waals surface area contributed by atoms with E-state index in [-0.39, 0.29) is 11.6 Å². The Morgan fingerprint density at radius 3 is 2.38 bits per heavy atom. The Labute approximate surface area is 81.8 Å². The first-order chi connectivity index (χ1) is 6.13. The Balaban J connectivity index is 2.71. The van der Waals surface area contributed by atoms with Crippen LogP contribution in [0.3, 0.4) is 0 Å². The highest BCUT2D eigenvalue weighted by atomic mass is 15.2. The predicted octanol–water partition coefficient (Wildman–Crippen LogP) is 1.76. The fourth-order valence-corrected chi connectivity index (χ4v) is 2.54. The van der Waals surface area contributed by atoms with E-state index in [2.05, 4.69) is 25.6 Å². The van der Waals surface area contributed by atoms with Crippen LogP contribution in [0.25, 0.3) is 0 Å². The van der Waals surface area contributed by atoms with Gasteiger partial charge < -0.3 is 10.6 Å². The fourth-order valence-electron chi connectivity index (χ4n) is 2.54. The van der Waals surface area contributed by atoms with Crippen molar-refractivity contribution in [3.05, 3.63) is 12.7 Å². The molecule has 0 bridgehead atoms. The van der Waals surface area contributed by atoms with Crippen LogP contribution in [0, 0.1) is 0 Å². The number of hydrogen-bond acceptors (Lipinski definition) is 2. The molecule has 1 saturated carbocycles. The van der Waals surface area contributed by atoms with Gasteiger partial charge in [0.05, 0.1) is 0 Å². The molecule has 1 aliphatic carbocycles. The van der Waals surface area contributed by atoms with Crippen LogP contribution in [0.4, 0.5) is 0 Å². The number of nitrogens with zero attached hydrogens (tertiary/aromatic N) is 1. The summed E-state index contributed by atoms with van der Waals surface area (Å²) in [6.45, 7) is 3.76. The Bertz CT molecular complexity index is 169. The van der Waals surface area contributed by atoms with Gasteiger partial charge >= 0.3 is 0 Å². The molecule has 1 fully saturated rings. The fraction of sp³-hybridized carbons (Fsp3) is 0.818. The van der Waals surface area contributed by atoms with Crippen molar-refractivity contribution in [2.75, 3.05) is 14.1 Å². The van der Waals surface area contributed by atoms with Gasteiger partial charge in [-0.3, -0.25) is 0 Å².